The molecule has 0 atom stereocenters. The van der Waals surface area contributed by atoms with Crippen LogP contribution < -0.4 is 10.6 Å². The van der Waals surface area contributed by atoms with Crippen molar-refractivity contribution < 1.29 is 0 Å². The first-order valence-electron chi connectivity index (χ1n) is 6.67. The number of aromatic nitrogens is 2. The van der Waals surface area contributed by atoms with Crippen LogP contribution in [0.2, 0.25) is 0 Å². The van der Waals surface area contributed by atoms with Crippen molar-refractivity contribution in [2.45, 2.75) is 25.0 Å². The number of hydrogen-bond donors (Lipinski definition) is 2. The summed E-state index contributed by atoms with van der Waals surface area (Å²) in [6.45, 7) is 2.93. The molecule has 0 saturated carbocycles. The number of benzene rings is 1. The van der Waals surface area contributed by atoms with E-state index in [-0.39, 0.29) is 0 Å². The number of anilines is 2. The molecular formula is C15H20N4S. The van der Waals surface area contributed by atoms with Gasteiger partial charge < -0.3 is 10.6 Å². The standard InChI is InChI=1S/C15H20N4S/c1-4-11-5-7-12(8-6-11)10-17-14-9-13(16-2)18-15(19-14)20-3/h5-9H,4,10H2,1-3H3,(H2,16,17,18,19). The molecule has 0 radical (unpaired) electrons. The van der Waals surface area contributed by atoms with Crippen molar-refractivity contribution >= 4 is 23.4 Å². The third kappa shape index (κ3) is 3.87. The summed E-state index contributed by atoms with van der Waals surface area (Å²) < 4.78 is 0. The normalized spacial score (nSPS) is 10.3. The van der Waals surface area contributed by atoms with Gasteiger partial charge in [-0.25, -0.2) is 9.97 Å². The lowest BCUT2D eigenvalue weighted by Crippen LogP contribution is -2.04. The zero-order valence-corrected chi connectivity index (χ0v) is 12.9. The lowest BCUT2D eigenvalue weighted by atomic mass is 10.1. The lowest BCUT2D eigenvalue weighted by molar-refractivity contribution is 0.957. The predicted octanol–water partition coefficient (Wildman–Crippen LogP) is 3.41. The van der Waals surface area contributed by atoms with Crippen molar-refractivity contribution in [1.82, 2.24) is 9.97 Å². The maximum Gasteiger partial charge on any atom is 0.191 e. The molecule has 0 aliphatic rings. The summed E-state index contributed by atoms with van der Waals surface area (Å²) in [4.78, 5) is 8.80. The number of nitrogens with one attached hydrogen (secondary N) is 2. The van der Waals surface area contributed by atoms with E-state index in [0.717, 1.165) is 29.8 Å². The highest BCUT2D eigenvalue weighted by atomic mass is 32.2. The van der Waals surface area contributed by atoms with Gasteiger partial charge in [-0.2, -0.15) is 0 Å². The zero-order valence-electron chi connectivity index (χ0n) is 12.1. The minimum absolute atomic E-state index is 0.762. The van der Waals surface area contributed by atoms with Crippen LogP contribution in [0, 0.1) is 0 Å². The molecule has 0 aliphatic carbocycles. The van der Waals surface area contributed by atoms with E-state index in [1.54, 1.807) is 0 Å². The largest absolute Gasteiger partial charge is 0.373 e. The monoisotopic (exact) mass is 288 g/mol. The Kier molecular flexibility index (Phi) is 5.24. The van der Waals surface area contributed by atoms with Gasteiger partial charge in [0, 0.05) is 19.7 Å². The molecule has 0 aliphatic heterocycles. The quantitative estimate of drug-likeness (QED) is 0.630. The van der Waals surface area contributed by atoms with Gasteiger partial charge in [0.15, 0.2) is 5.16 Å². The molecular weight excluding hydrogens is 268 g/mol. The second kappa shape index (κ2) is 7.14. The molecule has 1 aromatic carbocycles. The van der Waals surface area contributed by atoms with Crippen LogP contribution in [0.15, 0.2) is 35.5 Å². The van der Waals surface area contributed by atoms with E-state index in [4.69, 9.17) is 0 Å². The summed E-state index contributed by atoms with van der Waals surface area (Å²) in [5.74, 6) is 1.67. The molecule has 4 nitrogen and oxygen atoms in total. The van der Waals surface area contributed by atoms with E-state index in [0.29, 0.717) is 0 Å². The first-order chi connectivity index (χ1) is 9.75. The summed E-state index contributed by atoms with van der Waals surface area (Å²) in [6, 6.07) is 10.6. The van der Waals surface area contributed by atoms with Gasteiger partial charge in [0.05, 0.1) is 0 Å². The Labute approximate surface area is 124 Å². The van der Waals surface area contributed by atoms with Crippen LogP contribution in [0.25, 0.3) is 0 Å². The molecule has 20 heavy (non-hydrogen) atoms. The van der Waals surface area contributed by atoms with Gasteiger partial charge in [-0.3, -0.25) is 0 Å². The average molecular weight is 288 g/mol. The summed E-state index contributed by atoms with van der Waals surface area (Å²) in [7, 11) is 1.86. The number of nitrogens with zero attached hydrogens (tertiary/aromatic N) is 2. The first kappa shape index (κ1) is 14.7. The summed E-state index contributed by atoms with van der Waals surface area (Å²) in [5.41, 5.74) is 2.61. The van der Waals surface area contributed by atoms with E-state index in [2.05, 4.69) is 51.8 Å². The van der Waals surface area contributed by atoms with Gasteiger partial charge in [-0.15, -0.1) is 0 Å². The first-order valence-corrected chi connectivity index (χ1v) is 7.90. The minimum atomic E-state index is 0.762. The van der Waals surface area contributed by atoms with Crippen molar-refractivity contribution in [3.63, 3.8) is 0 Å². The maximum atomic E-state index is 4.45. The molecule has 2 rings (SSSR count). The molecule has 0 unspecified atom stereocenters. The Hall–Kier alpha value is -1.75. The second-order valence-corrected chi connectivity index (χ2v) is 5.17. The van der Waals surface area contributed by atoms with Crippen LogP contribution in [0.1, 0.15) is 18.1 Å². The summed E-state index contributed by atoms with van der Waals surface area (Å²) in [6.07, 6.45) is 3.05. The number of aryl methyl sites for hydroxylation is 1. The Morgan fingerprint density at radius 1 is 1.05 bits per heavy atom. The highest BCUT2D eigenvalue weighted by molar-refractivity contribution is 7.98. The summed E-state index contributed by atoms with van der Waals surface area (Å²) in [5, 5.41) is 7.16. The highest BCUT2D eigenvalue weighted by Gasteiger charge is 2.03. The molecule has 2 aromatic rings. The van der Waals surface area contributed by atoms with E-state index in [1.807, 2.05) is 19.4 Å². The van der Waals surface area contributed by atoms with Crippen molar-refractivity contribution in [2.24, 2.45) is 0 Å². The van der Waals surface area contributed by atoms with Crippen LogP contribution in [0.5, 0.6) is 0 Å². The van der Waals surface area contributed by atoms with Crippen LogP contribution in [0.3, 0.4) is 0 Å². The van der Waals surface area contributed by atoms with Crippen molar-refractivity contribution in [1.29, 1.82) is 0 Å². The van der Waals surface area contributed by atoms with Crippen LogP contribution in [-0.2, 0) is 13.0 Å². The van der Waals surface area contributed by atoms with Gasteiger partial charge >= 0.3 is 0 Å². The number of hydrogen-bond acceptors (Lipinski definition) is 5. The highest BCUT2D eigenvalue weighted by Crippen LogP contribution is 2.17. The van der Waals surface area contributed by atoms with Gasteiger partial charge in [-0.05, 0) is 23.8 Å². The Balaban J connectivity index is 2.05. The molecule has 106 valence electrons. The van der Waals surface area contributed by atoms with Crippen LogP contribution in [-0.4, -0.2) is 23.3 Å². The smallest absolute Gasteiger partial charge is 0.191 e. The van der Waals surface area contributed by atoms with Gasteiger partial charge in [0.2, 0.25) is 0 Å². The minimum Gasteiger partial charge on any atom is -0.373 e. The van der Waals surface area contributed by atoms with E-state index < -0.39 is 0 Å². The Morgan fingerprint density at radius 3 is 2.30 bits per heavy atom. The van der Waals surface area contributed by atoms with Crippen molar-refractivity contribution in [2.75, 3.05) is 23.9 Å². The zero-order chi connectivity index (χ0) is 14.4. The van der Waals surface area contributed by atoms with Crippen molar-refractivity contribution in [3.8, 4) is 0 Å². The van der Waals surface area contributed by atoms with E-state index in [9.17, 15) is 0 Å². The maximum absolute atomic E-state index is 4.45. The van der Waals surface area contributed by atoms with Crippen LogP contribution in [0.4, 0.5) is 11.6 Å². The fourth-order valence-corrected chi connectivity index (χ4v) is 2.20. The molecule has 5 heteroatoms. The van der Waals surface area contributed by atoms with Gasteiger partial charge in [0.25, 0.3) is 0 Å². The van der Waals surface area contributed by atoms with Crippen molar-refractivity contribution in [3.05, 3.63) is 41.5 Å². The summed E-state index contributed by atoms with van der Waals surface area (Å²) >= 11 is 1.54. The SMILES string of the molecule is CCc1ccc(CNc2cc(NC)nc(SC)n2)cc1. The molecule has 1 aromatic heterocycles. The van der Waals surface area contributed by atoms with Gasteiger partial charge in [-0.1, -0.05) is 43.0 Å². The Morgan fingerprint density at radius 2 is 1.70 bits per heavy atom. The molecule has 0 bridgehead atoms. The molecule has 0 amide bonds. The third-order valence-electron chi connectivity index (χ3n) is 3.05. The van der Waals surface area contributed by atoms with E-state index in [1.165, 1.54) is 22.9 Å². The molecule has 0 spiro atoms. The fraction of sp³-hybridized carbons (Fsp3) is 0.333. The molecule has 0 saturated heterocycles. The Bertz CT molecular complexity index is 532. The predicted molar refractivity (Wildman–Crippen MR) is 86.5 cm³/mol. The molecule has 0 fully saturated rings. The fourth-order valence-electron chi connectivity index (χ4n) is 1.82. The number of rotatable bonds is 6. The second-order valence-electron chi connectivity index (χ2n) is 4.40. The third-order valence-corrected chi connectivity index (χ3v) is 3.60. The number of thioether (sulfide) groups is 1. The topological polar surface area (TPSA) is 49.8 Å². The molecule has 1 heterocycles. The lowest BCUT2D eigenvalue weighted by Gasteiger charge is -2.09. The van der Waals surface area contributed by atoms with Gasteiger partial charge in [0.1, 0.15) is 11.6 Å². The average Bonchev–Trinajstić information content (AvgIpc) is 2.53. The van der Waals surface area contributed by atoms with Crippen LogP contribution >= 0.6 is 11.8 Å². The molecule has 2 N–H and O–H groups in total. The van der Waals surface area contributed by atoms with E-state index >= 15 is 0 Å².